The van der Waals surface area contributed by atoms with Gasteiger partial charge in [0.2, 0.25) is 0 Å². The van der Waals surface area contributed by atoms with Crippen molar-refractivity contribution in [3.05, 3.63) is 35.1 Å². The number of amides is 1. The van der Waals surface area contributed by atoms with Crippen LogP contribution in [0.4, 0.5) is 13.2 Å². The Balaban J connectivity index is 2.10. The molecular weight excluding hydrogens is 301 g/mol. The van der Waals surface area contributed by atoms with Crippen LogP contribution in [0.2, 0.25) is 0 Å². The number of nitrogens with zero attached hydrogens (tertiary/aromatic N) is 1. The van der Waals surface area contributed by atoms with Gasteiger partial charge in [-0.1, -0.05) is 0 Å². The average molecular weight is 318 g/mol. The molecule has 2 unspecified atom stereocenters. The van der Waals surface area contributed by atoms with Crippen molar-refractivity contribution in [2.45, 2.75) is 12.1 Å². The number of carbonyl (C=O) groups is 1. The molecular formula is C14H17F3N2O3. The first-order valence-corrected chi connectivity index (χ1v) is 6.78. The predicted octanol–water partition coefficient (Wildman–Crippen LogP) is 0.584. The third kappa shape index (κ3) is 3.76. The van der Waals surface area contributed by atoms with Crippen molar-refractivity contribution in [3.63, 3.8) is 0 Å². The van der Waals surface area contributed by atoms with Crippen LogP contribution >= 0.6 is 0 Å². The number of likely N-dealkylation sites (N-methyl/N-ethyl adjacent to an activating group) is 1. The number of hydrogen-bond donors (Lipinski definition) is 2. The van der Waals surface area contributed by atoms with Gasteiger partial charge in [0.25, 0.3) is 5.91 Å². The molecule has 22 heavy (non-hydrogen) atoms. The summed E-state index contributed by atoms with van der Waals surface area (Å²) >= 11 is 0. The maximum absolute atomic E-state index is 13.2. The SMILES string of the molecule is CN1CCOC(C(=O)NC(CO)c2cc(F)c(F)c(F)c2)C1. The van der Waals surface area contributed by atoms with Crippen molar-refractivity contribution in [2.24, 2.45) is 0 Å². The van der Waals surface area contributed by atoms with Crippen LogP contribution in [-0.2, 0) is 9.53 Å². The monoisotopic (exact) mass is 318 g/mol. The molecule has 0 bridgehead atoms. The number of ether oxygens (including phenoxy) is 1. The summed E-state index contributed by atoms with van der Waals surface area (Å²) in [7, 11) is 1.83. The summed E-state index contributed by atoms with van der Waals surface area (Å²) < 4.78 is 44.7. The van der Waals surface area contributed by atoms with Gasteiger partial charge in [0.1, 0.15) is 6.10 Å². The summed E-state index contributed by atoms with van der Waals surface area (Å²) in [4.78, 5) is 14.0. The summed E-state index contributed by atoms with van der Waals surface area (Å²) in [6, 6.07) is 0.439. The lowest BCUT2D eigenvalue weighted by atomic mass is 10.1. The second kappa shape index (κ2) is 7.08. The van der Waals surface area contributed by atoms with Gasteiger partial charge in [-0.3, -0.25) is 4.79 Å². The van der Waals surface area contributed by atoms with Gasteiger partial charge in [-0.05, 0) is 24.7 Å². The number of morpholine rings is 1. The van der Waals surface area contributed by atoms with E-state index in [1.54, 1.807) is 0 Å². The van der Waals surface area contributed by atoms with Gasteiger partial charge in [-0.15, -0.1) is 0 Å². The summed E-state index contributed by atoms with van der Waals surface area (Å²) in [5.41, 5.74) is -0.0589. The Hall–Kier alpha value is -1.64. The minimum absolute atomic E-state index is 0.0589. The van der Waals surface area contributed by atoms with E-state index in [1.807, 2.05) is 11.9 Å². The summed E-state index contributed by atoms with van der Waals surface area (Å²) in [6.07, 6.45) is -0.733. The molecule has 1 aliphatic rings. The van der Waals surface area contributed by atoms with Crippen molar-refractivity contribution >= 4 is 5.91 Å². The Bertz CT molecular complexity index is 533. The van der Waals surface area contributed by atoms with E-state index >= 15 is 0 Å². The maximum Gasteiger partial charge on any atom is 0.251 e. The van der Waals surface area contributed by atoms with E-state index in [0.717, 1.165) is 12.1 Å². The number of rotatable bonds is 4. The first kappa shape index (κ1) is 16.7. The van der Waals surface area contributed by atoms with E-state index in [-0.39, 0.29) is 5.56 Å². The minimum atomic E-state index is -1.59. The van der Waals surface area contributed by atoms with Crippen molar-refractivity contribution in [1.29, 1.82) is 0 Å². The van der Waals surface area contributed by atoms with Crippen LogP contribution in [0.25, 0.3) is 0 Å². The second-order valence-electron chi connectivity index (χ2n) is 5.16. The molecule has 8 heteroatoms. The Morgan fingerprint density at radius 3 is 2.64 bits per heavy atom. The number of carbonyl (C=O) groups excluding carboxylic acids is 1. The fraction of sp³-hybridized carbons (Fsp3) is 0.500. The van der Waals surface area contributed by atoms with E-state index in [0.29, 0.717) is 19.7 Å². The maximum atomic E-state index is 13.2. The van der Waals surface area contributed by atoms with E-state index in [4.69, 9.17) is 4.74 Å². The number of halogens is 3. The van der Waals surface area contributed by atoms with Crippen LogP contribution in [-0.4, -0.2) is 55.4 Å². The first-order chi connectivity index (χ1) is 10.4. The zero-order valence-corrected chi connectivity index (χ0v) is 12.0. The topological polar surface area (TPSA) is 61.8 Å². The van der Waals surface area contributed by atoms with Crippen molar-refractivity contribution in [1.82, 2.24) is 10.2 Å². The van der Waals surface area contributed by atoms with Gasteiger partial charge in [0, 0.05) is 13.1 Å². The fourth-order valence-electron chi connectivity index (χ4n) is 2.21. The van der Waals surface area contributed by atoms with Gasteiger partial charge in [-0.2, -0.15) is 0 Å². The molecule has 1 amide bonds. The molecule has 2 rings (SSSR count). The minimum Gasteiger partial charge on any atom is -0.394 e. The van der Waals surface area contributed by atoms with Gasteiger partial charge >= 0.3 is 0 Å². The number of benzene rings is 1. The highest BCUT2D eigenvalue weighted by Gasteiger charge is 2.27. The molecule has 5 nitrogen and oxygen atoms in total. The van der Waals surface area contributed by atoms with Crippen LogP contribution in [0.1, 0.15) is 11.6 Å². The average Bonchev–Trinajstić information content (AvgIpc) is 2.49. The highest BCUT2D eigenvalue weighted by Crippen LogP contribution is 2.19. The van der Waals surface area contributed by atoms with E-state index < -0.39 is 42.1 Å². The molecule has 1 fully saturated rings. The standard InChI is InChI=1S/C14H17F3N2O3/c1-19-2-3-22-12(6-19)14(21)18-11(7-20)8-4-9(15)13(17)10(16)5-8/h4-5,11-12,20H,2-3,6-7H2,1H3,(H,18,21). The lowest BCUT2D eigenvalue weighted by Gasteiger charge is -2.30. The van der Waals surface area contributed by atoms with Crippen LogP contribution in [0.15, 0.2) is 12.1 Å². The predicted molar refractivity (Wildman–Crippen MR) is 71.5 cm³/mol. The molecule has 1 heterocycles. The van der Waals surface area contributed by atoms with Crippen molar-refractivity contribution < 1.29 is 27.8 Å². The molecule has 1 aromatic carbocycles. The summed E-state index contributed by atoms with van der Waals surface area (Å²) in [5, 5.41) is 11.8. The molecule has 0 aromatic heterocycles. The fourth-order valence-corrected chi connectivity index (χ4v) is 2.21. The Labute approximate surface area is 125 Å². The summed E-state index contributed by atoms with van der Waals surface area (Å²) in [5.74, 6) is -4.85. The second-order valence-corrected chi connectivity index (χ2v) is 5.16. The van der Waals surface area contributed by atoms with Gasteiger partial charge in [0.15, 0.2) is 17.5 Å². The third-order valence-corrected chi connectivity index (χ3v) is 3.47. The van der Waals surface area contributed by atoms with E-state index in [2.05, 4.69) is 5.32 Å². The Kier molecular flexibility index (Phi) is 5.38. The van der Waals surface area contributed by atoms with E-state index in [1.165, 1.54) is 0 Å². The van der Waals surface area contributed by atoms with Crippen LogP contribution in [0, 0.1) is 17.5 Å². The molecule has 0 saturated carbocycles. The van der Waals surface area contributed by atoms with Crippen LogP contribution in [0.3, 0.4) is 0 Å². The van der Waals surface area contributed by atoms with Gasteiger partial charge in [-0.25, -0.2) is 13.2 Å². The number of hydrogen-bond acceptors (Lipinski definition) is 4. The van der Waals surface area contributed by atoms with Crippen LogP contribution < -0.4 is 5.32 Å². The highest BCUT2D eigenvalue weighted by atomic mass is 19.2. The van der Waals surface area contributed by atoms with Crippen molar-refractivity contribution in [2.75, 3.05) is 33.4 Å². The van der Waals surface area contributed by atoms with Gasteiger partial charge < -0.3 is 20.1 Å². The van der Waals surface area contributed by atoms with Gasteiger partial charge in [0.05, 0.1) is 19.3 Å². The molecule has 1 saturated heterocycles. The molecule has 2 N–H and O–H groups in total. The molecule has 122 valence electrons. The third-order valence-electron chi connectivity index (χ3n) is 3.47. The molecule has 2 atom stereocenters. The number of nitrogens with one attached hydrogen (secondary N) is 1. The normalized spacial score (nSPS) is 20.7. The van der Waals surface area contributed by atoms with Crippen LogP contribution in [0.5, 0.6) is 0 Å². The smallest absolute Gasteiger partial charge is 0.251 e. The first-order valence-electron chi connectivity index (χ1n) is 6.78. The zero-order chi connectivity index (χ0) is 16.3. The number of aliphatic hydroxyl groups is 1. The quantitative estimate of drug-likeness (QED) is 0.798. The van der Waals surface area contributed by atoms with Crippen molar-refractivity contribution in [3.8, 4) is 0 Å². The Morgan fingerprint density at radius 1 is 1.45 bits per heavy atom. The lowest BCUT2D eigenvalue weighted by Crippen LogP contribution is -2.49. The molecule has 0 radical (unpaired) electrons. The molecule has 1 aromatic rings. The highest BCUT2D eigenvalue weighted by molar-refractivity contribution is 5.81. The lowest BCUT2D eigenvalue weighted by molar-refractivity contribution is -0.138. The van der Waals surface area contributed by atoms with E-state index in [9.17, 15) is 23.1 Å². The summed E-state index contributed by atoms with van der Waals surface area (Å²) in [6.45, 7) is 0.870. The molecule has 1 aliphatic heterocycles. The largest absolute Gasteiger partial charge is 0.394 e. The number of aliphatic hydroxyl groups excluding tert-OH is 1. The Morgan fingerprint density at radius 2 is 2.09 bits per heavy atom. The molecule has 0 spiro atoms. The zero-order valence-electron chi connectivity index (χ0n) is 12.0. The molecule has 0 aliphatic carbocycles.